The van der Waals surface area contributed by atoms with Crippen LogP contribution in [-0.4, -0.2) is 11.8 Å². The molecule has 0 saturated heterocycles. The maximum absolute atomic E-state index is 12.8. The fraction of sp³-hybridized carbons (Fsp3) is 0.214. The number of ether oxygens (including phenoxy) is 2. The summed E-state index contributed by atoms with van der Waals surface area (Å²) in [5, 5.41) is 0. The highest BCUT2D eigenvalue weighted by Crippen LogP contribution is 2.36. The molecule has 0 aromatic heterocycles. The van der Waals surface area contributed by atoms with Crippen molar-refractivity contribution in [2.75, 3.05) is 0 Å². The van der Waals surface area contributed by atoms with Crippen molar-refractivity contribution in [1.82, 2.24) is 0 Å². The molecule has 4 heteroatoms. The Labute approximate surface area is 187 Å². The summed E-state index contributed by atoms with van der Waals surface area (Å²) in [4.78, 5) is 25.2. The van der Waals surface area contributed by atoms with Crippen LogP contribution in [0.25, 0.3) is 17.2 Å². The fourth-order valence-corrected chi connectivity index (χ4v) is 4.32. The standard InChI is InChI=1S/C28H24O4/c29-27-24-16-15-23(31-28(30)22-9-5-2-6-10-22)18-25(24)32-26(27)17-19-11-13-21(14-12-19)20-7-3-1-4-8-20/h1,3-4,7-8,11-18,22H,2,5-6,9-10H2. The highest BCUT2D eigenvalue weighted by Gasteiger charge is 2.29. The zero-order chi connectivity index (χ0) is 21.9. The second kappa shape index (κ2) is 8.83. The van der Waals surface area contributed by atoms with E-state index in [4.69, 9.17) is 9.47 Å². The van der Waals surface area contributed by atoms with Gasteiger partial charge in [0, 0.05) is 6.07 Å². The highest BCUT2D eigenvalue weighted by molar-refractivity contribution is 6.14. The van der Waals surface area contributed by atoms with Crippen LogP contribution >= 0.6 is 0 Å². The number of allylic oxidation sites excluding steroid dienone is 1. The Hall–Kier alpha value is -3.66. The van der Waals surface area contributed by atoms with Gasteiger partial charge in [0.1, 0.15) is 11.5 Å². The maximum Gasteiger partial charge on any atom is 0.314 e. The Morgan fingerprint density at radius 2 is 1.59 bits per heavy atom. The molecule has 4 nitrogen and oxygen atoms in total. The third-order valence-corrected chi connectivity index (χ3v) is 6.11. The van der Waals surface area contributed by atoms with Crippen molar-refractivity contribution < 1.29 is 19.1 Å². The molecular weight excluding hydrogens is 400 g/mol. The summed E-state index contributed by atoms with van der Waals surface area (Å²) < 4.78 is 11.4. The number of Topliss-reactive ketones (excluding diaryl/α,β-unsaturated/α-hetero) is 1. The molecule has 2 aliphatic rings. The van der Waals surface area contributed by atoms with E-state index in [0.29, 0.717) is 17.1 Å². The fourth-order valence-electron chi connectivity index (χ4n) is 4.32. The van der Waals surface area contributed by atoms with Crippen molar-refractivity contribution in [1.29, 1.82) is 0 Å². The van der Waals surface area contributed by atoms with Crippen molar-refractivity contribution in [2.45, 2.75) is 32.1 Å². The summed E-state index contributed by atoms with van der Waals surface area (Å²) in [6.07, 6.45) is 6.83. The molecule has 0 unspecified atom stereocenters. The van der Waals surface area contributed by atoms with E-state index in [9.17, 15) is 9.59 Å². The van der Waals surface area contributed by atoms with E-state index >= 15 is 0 Å². The Balaban J connectivity index is 1.30. The van der Waals surface area contributed by atoms with Gasteiger partial charge in [0.2, 0.25) is 5.78 Å². The lowest BCUT2D eigenvalue weighted by Crippen LogP contribution is -2.22. The molecule has 0 bridgehead atoms. The minimum atomic E-state index is -0.191. The first-order valence-electron chi connectivity index (χ1n) is 11.1. The number of esters is 1. The molecule has 1 aliphatic carbocycles. The van der Waals surface area contributed by atoms with Crippen LogP contribution in [0.15, 0.2) is 78.6 Å². The Morgan fingerprint density at radius 3 is 2.34 bits per heavy atom. The van der Waals surface area contributed by atoms with E-state index in [1.807, 2.05) is 42.5 Å². The summed E-state index contributed by atoms with van der Waals surface area (Å²) in [5.41, 5.74) is 3.61. The molecule has 32 heavy (non-hydrogen) atoms. The molecule has 1 saturated carbocycles. The first kappa shape index (κ1) is 20.3. The molecule has 0 spiro atoms. The molecule has 1 aliphatic heterocycles. The van der Waals surface area contributed by atoms with Crippen LogP contribution < -0.4 is 9.47 Å². The predicted molar refractivity (Wildman–Crippen MR) is 123 cm³/mol. The highest BCUT2D eigenvalue weighted by atomic mass is 16.5. The largest absolute Gasteiger partial charge is 0.452 e. The molecule has 3 aromatic carbocycles. The van der Waals surface area contributed by atoms with Gasteiger partial charge >= 0.3 is 5.97 Å². The number of ketones is 1. The van der Waals surface area contributed by atoms with Crippen molar-refractivity contribution in [3.8, 4) is 22.6 Å². The number of hydrogen-bond acceptors (Lipinski definition) is 4. The smallest absolute Gasteiger partial charge is 0.314 e. The normalized spacial score (nSPS) is 17.1. The third kappa shape index (κ3) is 4.22. The van der Waals surface area contributed by atoms with Gasteiger partial charge in [-0.15, -0.1) is 0 Å². The van der Waals surface area contributed by atoms with E-state index in [-0.39, 0.29) is 23.4 Å². The molecule has 0 N–H and O–H groups in total. The molecule has 0 radical (unpaired) electrons. The molecule has 1 heterocycles. The van der Waals surface area contributed by atoms with E-state index < -0.39 is 0 Å². The van der Waals surface area contributed by atoms with Crippen LogP contribution in [0.4, 0.5) is 0 Å². The monoisotopic (exact) mass is 424 g/mol. The Morgan fingerprint density at radius 1 is 0.875 bits per heavy atom. The van der Waals surface area contributed by atoms with Crippen molar-refractivity contribution in [3.63, 3.8) is 0 Å². The minimum Gasteiger partial charge on any atom is -0.452 e. The summed E-state index contributed by atoms with van der Waals surface area (Å²) in [7, 11) is 0. The molecular formula is C28H24O4. The van der Waals surface area contributed by atoms with Crippen LogP contribution in [0.1, 0.15) is 48.0 Å². The van der Waals surface area contributed by atoms with Gasteiger partial charge < -0.3 is 9.47 Å². The topological polar surface area (TPSA) is 52.6 Å². The first-order valence-corrected chi connectivity index (χ1v) is 11.1. The Bertz CT molecular complexity index is 1170. The second-order valence-corrected chi connectivity index (χ2v) is 8.34. The van der Waals surface area contributed by atoms with Crippen LogP contribution in [0.3, 0.4) is 0 Å². The number of rotatable bonds is 4. The van der Waals surface area contributed by atoms with Crippen LogP contribution in [0.5, 0.6) is 11.5 Å². The lowest BCUT2D eigenvalue weighted by molar-refractivity contribution is -0.139. The van der Waals surface area contributed by atoms with E-state index in [1.54, 1.807) is 24.3 Å². The molecule has 5 rings (SSSR count). The molecule has 3 aromatic rings. The minimum absolute atomic E-state index is 0.0335. The van der Waals surface area contributed by atoms with Gasteiger partial charge in [0.25, 0.3) is 0 Å². The van der Waals surface area contributed by atoms with Gasteiger partial charge in [-0.1, -0.05) is 73.9 Å². The zero-order valence-corrected chi connectivity index (χ0v) is 17.8. The van der Waals surface area contributed by atoms with Gasteiger partial charge in [-0.05, 0) is 47.7 Å². The molecule has 0 atom stereocenters. The van der Waals surface area contributed by atoms with E-state index in [1.165, 1.54) is 6.42 Å². The quantitative estimate of drug-likeness (QED) is 0.274. The van der Waals surface area contributed by atoms with Crippen molar-refractivity contribution in [3.05, 3.63) is 89.7 Å². The van der Waals surface area contributed by atoms with Crippen molar-refractivity contribution in [2.24, 2.45) is 5.92 Å². The number of hydrogen-bond donors (Lipinski definition) is 0. The predicted octanol–water partition coefficient (Wildman–Crippen LogP) is 6.46. The maximum atomic E-state index is 12.8. The SMILES string of the molecule is O=C1C(=Cc2ccc(-c3ccccc3)cc2)Oc2cc(OC(=O)C3CCCCC3)ccc21. The number of benzene rings is 3. The number of carbonyl (C=O) groups excluding carboxylic acids is 2. The van der Waals surface area contributed by atoms with Crippen LogP contribution in [-0.2, 0) is 4.79 Å². The van der Waals surface area contributed by atoms with Crippen LogP contribution in [0.2, 0.25) is 0 Å². The summed E-state index contributed by atoms with van der Waals surface area (Å²) >= 11 is 0. The molecule has 0 amide bonds. The lowest BCUT2D eigenvalue weighted by Gasteiger charge is -2.19. The van der Waals surface area contributed by atoms with E-state index in [0.717, 1.165) is 42.4 Å². The zero-order valence-electron chi connectivity index (χ0n) is 17.8. The molecule has 160 valence electrons. The lowest BCUT2D eigenvalue weighted by atomic mass is 9.89. The Kier molecular flexibility index (Phi) is 5.59. The first-order chi connectivity index (χ1) is 15.7. The second-order valence-electron chi connectivity index (χ2n) is 8.34. The van der Waals surface area contributed by atoms with Crippen LogP contribution in [0, 0.1) is 5.92 Å². The number of fused-ring (bicyclic) bond motifs is 1. The third-order valence-electron chi connectivity index (χ3n) is 6.11. The van der Waals surface area contributed by atoms with Crippen molar-refractivity contribution >= 4 is 17.8 Å². The van der Waals surface area contributed by atoms with Gasteiger partial charge in [-0.2, -0.15) is 0 Å². The van der Waals surface area contributed by atoms with E-state index in [2.05, 4.69) is 12.1 Å². The summed E-state index contributed by atoms with van der Waals surface area (Å²) in [6, 6.07) is 23.1. The summed E-state index contributed by atoms with van der Waals surface area (Å²) in [5.74, 6) is 0.717. The van der Waals surface area contributed by atoms with Gasteiger partial charge in [0.15, 0.2) is 5.76 Å². The summed E-state index contributed by atoms with van der Waals surface area (Å²) in [6.45, 7) is 0. The van der Waals surface area contributed by atoms with Gasteiger partial charge in [-0.25, -0.2) is 0 Å². The average Bonchev–Trinajstić information content (AvgIpc) is 3.15. The average molecular weight is 424 g/mol. The van der Waals surface area contributed by atoms with Gasteiger partial charge in [-0.3, -0.25) is 9.59 Å². The number of carbonyl (C=O) groups is 2. The molecule has 1 fully saturated rings. The van der Waals surface area contributed by atoms with Gasteiger partial charge in [0.05, 0.1) is 11.5 Å².